The summed E-state index contributed by atoms with van der Waals surface area (Å²) in [6, 6.07) is 12.1. The maximum atomic E-state index is 11.8. The maximum absolute atomic E-state index is 11.8. The highest BCUT2D eigenvalue weighted by molar-refractivity contribution is 5.70. The number of rotatable bonds is 5. The number of carbonyl (C=O) groups is 1. The lowest BCUT2D eigenvalue weighted by atomic mass is 9.93. The standard InChI is InChI=1S/C16H21NO2/c1-16(2,3)19-15(18)12-14(9-10-17)11-13-7-5-4-6-8-13/h4-8,14H,9,11-12H2,1-3H3/t14-/m1/s1. The molecule has 0 saturated heterocycles. The zero-order valence-corrected chi connectivity index (χ0v) is 11.8. The van der Waals surface area contributed by atoms with Crippen LogP contribution in [-0.4, -0.2) is 11.6 Å². The SMILES string of the molecule is CC(C)(C)OC(=O)C[C@H](CC#N)Cc1ccccc1. The highest BCUT2D eigenvalue weighted by atomic mass is 16.6. The van der Waals surface area contributed by atoms with Crippen molar-refractivity contribution in [2.45, 2.75) is 45.6 Å². The lowest BCUT2D eigenvalue weighted by Crippen LogP contribution is -2.25. The summed E-state index contributed by atoms with van der Waals surface area (Å²) in [5.74, 6) is -0.217. The van der Waals surface area contributed by atoms with Crippen LogP contribution >= 0.6 is 0 Å². The fourth-order valence-corrected chi connectivity index (χ4v) is 1.91. The van der Waals surface area contributed by atoms with Gasteiger partial charge in [-0.05, 0) is 38.7 Å². The van der Waals surface area contributed by atoms with Crippen LogP contribution < -0.4 is 0 Å². The second-order valence-corrected chi connectivity index (χ2v) is 5.71. The zero-order valence-electron chi connectivity index (χ0n) is 11.8. The minimum Gasteiger partial charge on any atom is -0.460 e. The number of nitrogens with zero attached hydrogens (tertiary/aromatic N) is 1. The number of carbonyl (C=O) groups excluding carboxylic acids is 1. The Kier molecular flexibility index (Phi) is 5.57. The predicted octanol–water partition coefficient (Wildman–Crippen LogP) is 3.49. The van der Waals surface area contributed by atoms with Crippen molar-refractivity contribution in [2.75, 3.05) is 0 Å². The number of ether oxygens (including phenoxy) is 1. The monoisotopic (exact) mass is 259 g/mol. The molecule has 3 heteroatoms. The van der Waals surface area contributed by atoms with Gasteiger partial charge < -0.3 is 4.74 Å². The van der Waals surface area contributed by atoms with E-state index < -0.39 is 5.60 Å². The second kappa shape index (κ2) is 6.94. The van der Waals surface area contributed by atoms with E-state index in [9.17, 15) is 4.79 Å². The van der Waals surface area contributed by atoms with Gasteiger partial charge in [0.15, 0.2) is 0 Å². The van der Waals surface area contributed by atoms with E-state index >= 15 is 0 Å². The summed E-state index contributed by atoms with van der Waals surface area (Å²) in [6.45, 7) is 5.55. The van der Waals surface area contributed by atoms with Gasteiger partial charge in [0.1, 0.15) is 5.60 Å². The molecule has 0 heterocycles. The fourth-order valence-electron chi connectivity index (χ4n) is 1.91. The zero-order chi connectivity index (χ0) is 14.3. The smallest absolute Gasteiger partial charge is 0.306 e. The van der Waals surface area contributed by atoms with Crippen LogP contribution in [0.2, 0.25) is 0 Å². The van der Waals surface area contributed by atoms with E-state index in [-0.39, 0.29) is 11.9 Å². The highest BCUT2D eigenvalue weighted by Crippen LogP contribution is 2.18. The normalized spacial score (nSPS) is 12.5. The molecule has 19 heavy (non-hydrogen) atoms. The Labute approximate surface area is 115 Å². The first kappa shape index (κ1) is 15.2. The van der Waals surface area contributed by atoms with E-state index in [0.717, 1.165) is 12.0 Å². The molecule has 102 valence electrons. The molecule has 0 amide bonds. The van der Waals surface area contributed by atoms with Crippen LogP contribution in [0.4, 0.5) is 0 Å². The van der Waals surface area contributed by atoms with E-state index in [4.69, 9.17) is 10.00 Å². The summed E-state index contributed by atoms with van der Waals surface area (Å²) in [5.41, 5.74) is 0.674. The lowest BCUT2D eigenvalue weighted by Gasteiger charge is -2.21. The molecule has 0 fully saturated rings. The van der Waals surface area contributed by atoms with Crippen molar-refractivity contribution < 1.29 is 9.53 Å². The molecule has 1 rings (SSSR count). The van der Waals surface area contributed by atoms with Crippen LogP contribution in [0.1, 0.15) is 39.2 Å². The van der Waals surface area contributed by atoms with Gasteiger partial charge in [0.25, 0.3) is 0 Å². The average molecular weight is 259 g/mol. The first-order valence-electron chi connectivity index (χ1n) is 6.53. The molecule has 0 unspecified atom stereocenters. The Morgan fingerprint density at radius 2 is 1.95 bits per heavy atom. The van der Waals surface area contributed by atoms with E-state index in [0.29, 0.717) is 12.8 Å². The number of benzene rings is 1. The van der Waals surface area contributed by atoms with Crippen molar-refractivity contribution in [3.63, 3.8) is 0 Å². The molecule has 1 aromatic carbocycles. The summed E-state index contributed by atoms with van der Waals surface area (Å²) in [5, 5.41) is 8.86. The number of esters is 1. The summed E-state index contributed by atoms with van der Waals surface area (Å²) in [4.78, 5) is 11.8. The Morgan fingerprint density at radius 3 is 2.47 bits per heavy atom. The third-order valence-corrected chi connectivity index (χ3v) is 2.62. The van der Waals surface area contributed by atoms with Crippen molar-refractivity contribution in [1.29, 1.82) is 5.26 Å². The first-order chi connectivity index (χ1) is 8.90. The van der Waals surface area contributed by atoms with Gasteiger partial charge in [-0.2, -0.15) is 5.26 Å². The van der Waals surface area contributed by atoms with Crippen molar-refractivity contribution in [2.24, 2.45) is 5.92 Å². The van der Waals surface area contributed by atoms with Crippen LogP contribution in [0, 0.1) is 17.2 Å². The summed E-state index contributed by atoms with van der Waals surface area (Å²) < 4.78 is 5.30. The van der Waals surface area contributed by atoms with Gasteiger partial charge in [-0.1, -0.05) is 30.3 Å². The Hall–Kier alpha value is -1.82. The minimum absolute atomic E-state index is 0.0160. The number of hydrogen-bond donors (Lipinski definition) is 0. The quantitative estimate of drug-likeness (QED) is 0.760. The molecule has 0 spiro atoms. The van der Waals surface area contributed by atoms with Gasteiger partial charge in [-0.3, -0.25) is 4.79 Å². The molecule has 0 aromatic heterocycles. The van der Waals surface area contributed by atoms with Crippen molar-refractivity contribution in [1.82, 2.24) is 0 Å². The Balaban J connectivity index is 2.59. The van der Waals surface area contributed by atoms with Gasteiger partial charge in [0, 0.05) is 12.8 Å². The summed E-state index contributed by atoms with van der Waals surface area (Å²) in [6.07, 6.45) is 1.39. The van der Waals surface area contributed by atoms with Crippen LogP contribution in [0.5, 0.6) is 0 Å². The lowest BCUT2D eigenvalue weighted by molar-refractivity contribution is -0.155. The summed E-state index contributed by atoms with van der Waals surface area (Å²) >= 11 is 0. The molecule has 0 radical (unpaired) electrons. The molecule has 3 nitrogen and oxygen atoms in total. The molecule has 0 N–H and O–H groups in total. The van der Waals surface area contributed by atoms with Crippen molar-refractivity contribution >= 4 is 5.97 Å². The number of hydrogen-bond acceptors (Lipinski definition) is 3. The topological polar surface area (TPSA) is 50.1 Å². The van der Waals surface area contributed by atoms with Crippen LogP contribution in [-0.2, 0) is 16.0 Å². The Bertz CT molecular complexity index is 440. The maximum Gasteiger partial charge on any atom is 0.306 e. The molecule has 0 bridgehead atoms. The molecule has 0 aliphatic carbocycles. The first-order valence-corrected chi connectivity index (χ1v) is 6.53. The van der Waals surface area contributed by atoms with Crippen molar-refractivity contribution in [3.8, 4) is 6.07 Å². The molecular weight excluding hydrogens is 238 g/mol. The van der Waals surface area contributed by atoms with Gasteiger partial charge in [-0.25, -0.2) is 0 Å². The third kappa shape index (κ3) is 6.61. The van der Waals surface area contributed by atoms with Gasteiger partial charge in [-0.15, -0.1) is 0 Å². The third-order valence-electron chi connectivity index (χ3n) is 2.62. The molecule has 1 aromatic rings. The number of nitriles is 1. The fraction of sp³-hybridized carbons (Fsp3) is 0.500. The Morgan fingerprint density at radius 1 is 1.32 bits per heavy atom. The summed E-state index contributed by atoms with van der Waals surface area (Å²) in [7, 11) is 0. The molecule has 0 saturated carbocycles. The van der Waals surface area contributed by atoms with Crippen LogP contribution in [0.25, 0.3) is 0 Å². The van der Waals surface area contributed by atoms with Crippen LogP contribution in [0.3, 0.4) is 0 Å². The van der Waals surface area contributed by atoms with E-state index in [2.05, 4.69) is 6.07 Å². The largest absolute Gasteiger partial charge is 0.460 e. The van der Waals surface area contributed by atoms with E-state index in [1.54, 1.807) is 0 Å². The van der Waals surface area contributed by atoms with Gasteiger partial charge in [0.2, 0.25) is 0 Å². The van der Waals surface area contributed by atoms with E-state index in [1.165, 1.54) is 0 Å². The van der Waals surface area contributed by atoms with Gasteiger partial charge >= 0.3 is 5.97 Å². The van der Waals surface area contributed by atoms with Gasteiger partial charge in [0.05, 0.1) is 6.07 Å². The minimum atomic E-state index is -0.471. The molecule has 0 aliphatic rings. The average Bonchev–Trinajstić information content (AvgIpc) is 2.27. The van der Waals surface area contributed by atoms with Crippen LogP contribution in [0.15, 0.2) is 30.3 Å². The molecular formula is C16H21NO2. The predicted molar refractivity (Wildman–Crippen MR) is 74.3 cm³/mol. The molecule has 0 aliphatic heterocycles. The highest BCUT2D eigenvalue weighted by Gasteiger charge is 2.20. The van der Waals surface area contributed by atoms with E-state index in [1.807, 2.05) is 51.1 Å². The second-order valence-electron chi connectivity index (χ2n) is 5.71. The molecule has 1 atom stereocenters. The van der Waals surface area contributed by atoms with Crippen molar-refractivity contribution in [3.05, 3.63) is 35.9 Å².